The number of nitrogens with zero attached hydrogens (tertiary/aromatic N) is 1. The van der Waals surface area contributed by atoms with E-state index in [0.717, 1.165) is 30.6 Å². The molecule has 0 aliphatic heterocycles. The number of hydrogen-bond acceptors (Lipinski definition) is 6. The van der Waals surface area contributed by atoms with Crippen molar-refractivity contribution in [3.05, 3.63) is 48.0 Å². The smallest absolute Gasteiger partial charge is 0.408 e. The van der Waals surface area contributed by atoms with Crippen LogP contribution >= 0.6 is 0 Å². The van der Waals surface area contributed by atoms with Crippen LogP contribution in [0.4, 0.5) is 4.79 Å². The van der Waals surface area contributed by atoms with Crippen molar-refractivity contribution >= 4 is 29.8 Å². The van der Waals surface area contributed by atoms with Crippen LogP contribution in [0.2, 0.25) is 0 Å². The maximum atomic E-state index is 12.7. The number of unbranched alkanes of at least 4 members (excludes halogenated alkanes) is 1. The minimum absolute atomic E-state index is 0.00610. The molecule has 0 bridgehead atoms. The van der Waals surface area contributed by atoms with Gasteiger partial charge in [0.1, 0.15) is 19.2 Å². The van der Waals surface area contributed by atoms with Gasteiger partial charge in [0, 0.05) is 18.7 Å². The van der Waals surface area contributed by atoms with Crippen molar-refractivity contribution in [2.45, 2.75) is 46.3 Å². The number of carbonyl (C=O) groups excluding carboxylic acids is 4. The molecule has 0 saturated carbocycles. The molecule has 11 heteroatoms. The number of amides is 4. The minimum Gasteiger partial charge on any atom is -0.480 e. The number of hydrazine groups is 1. The zero-order chi connectivity index (χ0) is 25.5. The highest BCUT2D eigenvalue weighted by molar-refractivity contribution is 5.98. The molecule has 1 rings (SSSR count). The van der Waals surface area contributed by atoms with E-state index in [1.807, 2.05) is 13.0 Å². The van der Waals surface area contributed by atoms with Crippen LogP contribution in [-0.4, -0.2) is 59.0 Å². The van der Waals surface area contributed by atoms with Gasteiger partial charge in [0.25, 0.3) is 11.8 Å². The fraction of sp³-hybridized carbons (Fsp3) is 0.435. The van der Waals surface area contributed by atoms with Gasteiger partial charge < -0.3 is 20.5 Å². The van der Waals surface area contributed by atoms with Gasteiger partial charge in [-0.3, -0.25) is 24.6 Å². The monoisotopic (exact) mass is 476 g/mol. The first kappa shape index (κ1) is 28.1. The van der Waals surface area contributed by atoms with E-state index in [9.17, 15) is 24.0 Å². The van der Waals surface area contributed by atoms with Crippen LogP contribution in [0.15, 0.2) is 42.5 Å². The second-order valence-corrected chi connectivity index (χ2v) is 7.70. The molecular formula is C23H32N4O7. The van der Waals surface area contributed by atoms with Crippen molar-refractivity contribution in [2.75, 3.05) is 13.1 Å². The predicted molar refractivity (Wildman–Crippen MR) is 123 cm³/mol. The molecule has 0 fully saturated rings. The van der Waals surface area contributed by atoms with Crippen LogP contribution < -0.4 is 16.1 Å². The lowest BCUT2D eigenvalue weighted by Gasteiger charge is -2.26. The maximum absolute atomic E-state index is 12.7. The molecule has 0 saturated heterocycles. The summed E-state index contributed by atoms with van der Waals surface area (Å²) < 4.78 is 5.12. The predicted octanol–water partition coefficient (Wildman–Crippen LogP) is 1.35. The van der Waals surface area contributed by atoms with Crippen molar-refractivity contribution in [1.29, 1.82) is 0 Å². The summed E-state index contributed by atoms with van der Waals surface area (Å²) in [6.07, 6.45) is 2.62. The number of benzene rings is 1. The summed E-state index contributed by atoms with van der Waals surface area (Å²) in [5, 5.41) is 14.6. The number of ether oxygens (including phenoxy) is 1. The normalized spacial score (nSPS) is 11.5. The standard InChI is InChI=1S/C23H32N4O7/c1-4-5-13-24-18(28)11-12-19(29)27(14-20(30)31)26-22(32)21(16(2)3)25-23(33)34-15-17-9-7-6-8-10-17/h6-12,16,21H,4-5,13-15H2,1-3H3,(H,24,28)(H,25,33)(H,26,32)(H,30,31)/b12-11+. The molecule has 0 heterocycles. The van der Waals surface area contributed by atoms with Crippen molar-refractivity contribution in [2.24, 2.45) is 5.92 Å². The first-order chi connectivity index (χ1) is 16.1. The Labute approximate surface area is 198 Å². The quantitative estimate of drug-likeness (QED) is 0.202. The maximum Gasteiger partial charge on any atom is 0.408 e. The fourth-order valence-corrected chi connectivity index (χ4v) is 2.62. The molecule has 0 radical (unpaired) electrons. The third-order valence-corrected chi connectivity index (χ3v) is 4.45. The molecule has 1 aromatic carbocycles. The van der Waals surface area contributed by atoms with Crippen molar-refractivity contribution in [3.63, 3.8) is 0 Å². The summed E-state index contributed by atoms with van der Waals surface area (Å²) in [6, 6.07) is 7.82. The molecule has 4 amide bonds. The Bertz CT molecular complexity index is 871. The van der Waals surface area contributed by atoms with E-state index in [1.54, 1.807) is 38.1 Å². The summed E-state index contributed by atoms with van der Waals surface area (Å²) in [5.74, 6) is -4.05. The minimum atomic E-state index is -1.38. The zero-order valence-electron chi connectivity index (χ0n) is 19.6. The fourth-order valence-electron chi connectivity index (χ4n) is 2.62. The van der Waals surface area contributed by atoms with Crippen LogP contribution in [0.3, 0.4) is 0 Å². The highest BCUT2D eigenvalue weighted by Gasteiger charge is 2.28. The van der Waals surface area contributed by atoms with E-state index in [1.165, 1.54) is 0 Å². The van der Waals surface area contributed by atoms with E-state index in [2.05, 4.69) is 16.1 Å². The van der Waals surface area contributed by atoms with Gasteiger partial charge in [0.2, 0.25) is 5.91 Å². The molecule has 1 aromatic rings. The average Bonchev–Trinajstić information content (AvgIpc) is 2.79. The highest BCUT2D eigenvalue weighted by Crippen LogP contribution is 2.05. The molecule has 0 aromatic heterocycles. The number of hydrogen-bond donors (Lipinski definition) is 4. The Balaban J connectivity index is 2.76. The Morgan fingerprint density at radius 2 is 1.76 bits per heavy atom. The molecule has 4 N–H and O–H groups in total. The molecule has 1 unspecified atom stereocenters. The average molecular weight is 477 g/mol. The second-order valence-electron chi connectivity index (χ2n) is 7.70. The first-order valence-corrected chi connectivity index (χ1v) is 10.9. The van der Waals surface area contributed by atoms with Crippen LogP contribution in [0.5, 0.6) is 0 Å². The van der Waals surface area contributed by atoms with Gasteiger partial charge in [0.15, 0.2) is 0 Å². The Morgan fingerprint density at radius 1 is 1.09 bits per heavy atom. The van der Waals surface area contributed by atoms with Crippen LogP contribution in [0.1, 0.15) is 39.2 Å². The highest BCUT2D eigenvalue weighted by atomic mass is 16.5. The van der Waals surface area contributed by atoms with Crippen molar-refractivity contribution in [1.82, 2.24) is 21.1 Å². The zero-order valence-corrected chi connectivity index (χ0v) is 19.6. The second kappa shape index (κ2) is 15.0. The summed E-state index contributed by atoms with van der Waals surface area (Å²) in [5.41, 5.74) is 2.95. The van der Waals surface area contributed by atoms with Gasteiger partial charge in [-0.1, -0.05) is 57.5 Å². The molecule has 1 atom stereocenters. The number of aliphatic carboxylic acids is 1. The van der Waals surface area contributed by atoms with Gasteiger partial charge in [0.05, 0.1) is 0 Å². The van der Waals surface area contributed by atoms with Crippen molar-refractivity contribution in [3.8, 4) is 0 Å². The summed E-state index contributed by atoms with van der Waals surface area (Å²) in [4.78, 5) is 60.2. The SMILES string of the molecule is CCCCNC(=O)/C=C/C(=O)N(CC(=O)O)NC(=O)C(NC(=O)OCc1ccccc1)C(C)C. The van der Waals surface area contributed by atoms with Crippen molar-refractivity contribution < 1.29 is 33.8 Å². The van der Waals surface area contributed by atoms with E-state index in [0.29, 0.717) is 11.6 Å². The van der Waals surface area contributed by atoms with Gasteiger partial charge in [-0.15, -0.1) is 0 Å². The molecule has 0 spiro atoms. The summed E-state index contributed by atoms with van der Waals surface area (Å²) in [7, 11) is 0. The number of carboxylic acid groups (broad SMARTS) is 1. The number of carbonyl (C=O) groups is 5. The molecular weight excluding hydrogens is 444 g/mol. The largest absolute Gasteiger partial charge is 0.480 e. The van der Waals surface area contributed by atoms with E-state index in [-0.39, 0.29) is 6.61 Å². The molecule has 0 aliphatic rings. The number of rotatable bonds is 12. The lowest BCUT2D eigenvalue weighted by atomic mass is 10.0. The van der Waals surface area contributed by atoms with E-state index < -0.39 is 48.3 Å². The Hall–Kier alpha value is -3.89. The van der Waals surface area contributed by atoms with Gasteiger partial charge >= 0.3 is 12.1 Å². The molecule has 34 heavy (non-hydrogen) atoms. The van der Waals surface area contributed by atoms with Gasteiger partial charge in [-0.2, -0.15) is 0 Å². The third kappa shape index (κ3) is 11.1. The number of nitrogens with one attached hydrogen (secondary N) is 3. The van der Waals surface area contributed by atoms with Crippen LogP contribution in [-0.2, 0) is 30.5 Å². The Kier molecular flexibility index (Phi) is 12.4. The third-order valence-electron chi connectivity index (χ3n) is 4.45. The molecule has 186 valence electrons. The topological polar surface area (TPSA) is 154 Å². The lowest BCUT2D eigenvalue weighted by molar-refractivity contribution is -0.148. The summed E-state index contributed by atoms with van der Waals surface area (Å²) >= 11 is 0. The molecule has 11 nitrogen and oxygen atoms in total. The number of carboxylic acids is 1. The summed E-state index contributed by atoms with van der Waals surface area (Å²) in [6.45, 7) is 4.85. The van der Waals surface area contributed by atoms with Gasteiger partial charge in [-0.05, 0) is 17.9 Å². The van der Waals surface area contributed by atoms with E-state index in [4.69, 9.17) is 9.84 Å². The van der Waals surface area contributed by atoms with Crippen LogP contribution in [0, 0.1) is 5.92 Å². The lowest BCUT2D eigenvalue weighted by Crippen LogP contribution is -2.56. The van der Waals surface area contributed by atoms with Crippen LogP contribution in [0.25, 0.3) is 0 Å². The first-order valence-electron chi connectivity index (χ1n) is 10.9. The molecule has 0 aliphatic carbocycles. The Morgan fingerprint density at radius 3 is 2.35 bits per heavy atom. The van der Waals surface area contributed by atoms with E-state index >= 15 is 0 Å². The van der Waals surface area contributed by atoms with Gasteiger partial charge in [-0.25, -0.2) is 9.80 Å². The number of alkyl carbamates (subject to hydrolysis) is 1.